The van der Waals surface area contributed by atoms with Crippen molar-refractivity contribution in [3.63, 3.8) is 0 Å². The van der Waals surface area contributed by atoms with Crippen LogP contribution < -0.4 is 0 Å². The Morgan fingerprint density at radius 3 is 1.56 bits per heavy atom. The summed E-state index contributed by atoms with van der Waals surface area (Å²) in [6.45, 7) is 7.20. The first-order chi connectivity index (χ1) is 11.8. The smallest absolute Gasteiger partial charge is 0.338 e. The van der Waals surface area contributed by atoms with E-state index in [9.17, 15) is 9.59 Å². The molecule has 0 N–H and O–H groups in total. The maximum absolute atomic E-state index is 12.5. The molecule has 0 aromatic heterocycles. The van der Waals surface area contributed by atoms with Crippen LogP contribution in [0.2, 0.25) is 0 Å². The zero-order valence-electron chi connectivity index (χ0n) is 15.1. The molecule has 4 nitrogen and oxygen atoms in total. The summed E-state index contributed by atoms with van der Waals surface area (Å²) in [7, 11) is 0. The van der Waals surface area contributed by atoms with Crippen molar-refractivity contribution in [3.8, 4) is 0 Å². The van der Waals surface area contributed by atoms with Gasteiger partial charge < -0.3 is 9.47 Å². The van der Waals surface area contributed by atoms with E-state index in [2.05, 4.69) is 0 Å². The Bertz CT molecular complexity index is 722. The van der Waals surface area contributed by atoms with Gasteiger partial charge in [0.1, 0.15) is 11.2 Å². The van der Waals surface area contributed by atoms with Gasteiger partial charge in [0.25, 0.3) is 0 Å². The van der Waals surface area contributed by atoms with Crippen molar-refractivity contribution in [3.05, 3.63) is 71.8 Å². The van der Waals surface area contributed by atoms with Crippen LogP contribution in [0.5, 0.6) is 0 Å². The standard InChI is InChI=1S/C21H24O4/c1-5-21(4,25-19(23)17-14-10-7-11-15-17)20(2,3)24-18(22)16-12-8-6-9-13-16/h6-15H,5H2,1-4H3. The molecule has 132 valence electrons. The van der Waals surface area contributed by atoms with Crippen molar-refractivity contribution in [1.82, 2.24) is 0 Å². The molecule has 0 heterocycles. The van der Waals surface area contributed by atoms with Crippen LogP contribution in [0.4, 0.5) is 0 Å². The zero-order valence-corrected chi connectivity index (χ0v) is 15.1. The molecule has 0 radical (unpaired) electrons. The van der Waals surface area contributed by atoms with Gasteiger partial charge in [-0.05, 0) is 51.5 Å². The number of rotatable bonds is 6. The lowest BCUT2D eigenvalue weighted by Gasteiger charge is -2.42. The predicted octanol–water partition coefficient (Wildman–Crippen LogP) is 4.65. The fraction of sp³-hybridized carbons (Fsp3) is 0.333. The molecule has 0 bridgehead atoms. The van der Waals surface area contributed by atoms with Crippen LogP contribution in [0.25, 0.3) is 0 Å². The maximum Gasteiger partial charge on any atom is 0.338 e. The Labute approximate surface area is 148 Å². The summed E-state index contributed by atoms with van der Waals surface area (Å²) in [4.78, 5) is 24.9. The van der Waals surface area contributed by atoms with Crippen molar-refractivity contribution in [2.45, 2.75) is 45.3 Å². The van der Waals surface area contributed by atoms with Crippen LogP contribution in [0.1, 0.15) is 54.8 Å². The molecule has 0 aliphatic rings. The van der Waals surface area contributed by atoms with Crippen LogP contribution in [0, 0.1) is 0 Å². The second-order valence-electron chi connectivity index (χ2n) is 6.61. The van der Waals surface area contributed by atoms with Crippen molar-refractivity contribution < 1.29 is 19.1 Å². The lowest BCUT2D eigenvalue weighted by molar-refractivity contribution is -0.135. The minimum absolute atomic E-state index is 0.436. The largest absolute Gasteiger partial charge is 0.452 e. The molecule has 0 aliphatic heterocycles. The third-order valence-corrected chi connectivity index (χ3v) is 4.63. The molecule has 0 fully saturated rings. The van der Waals surface area contributed by atoms with Gasteiger partial charge in [-0.3, -0.25) is 0 Å². The molecule has 0 spiro atoms. The van der Waals surface area contributed by atoms with Crippen molar-refractivity contribution in [2.24, 2.45) is 0 Å². The van der Waals surface area contributed by atoms with Crippen LogP contribution in [-0.4, -0.2) is 23.1 Å². The Kier molecular flexibility index (Phi) is 5.62. The molecule has 0 saturated carbocycles. The third-order valence-electron chi connectivity index (χ3n) is 4.63. The molecular weight excluding hydrogens is 316 g/mol. The highest BCUT2D eigenvalue weighted by Gasteiger charge is 2.46. The van der Waals surface area contributed by atoms with Crippen molar-refractivity contribution in [1.29, 1.82) is 0 Å². The average Bonchev–Trinajstić information content (AvgIpc) is 2.62. The highest BCUT2D eigenvalue weighted by molar-refractivity contribution is 5.90. The van der Waals surface area contributed by atoms with Gasteiger partial charge in [0.15, 0.2) is 0 Å². The number of esters is 2. The van der Waals surface area contributed by atoms with Gasteiger partial charge in [0.05, 0.1) is 11.1 Å². The first-order valence-corrected chi connectivity index (χ1v) is 8.36. The Morgan fingerprint density at radius 1 is 0.760 bits per heavy atom. The van der Waals surface area contributed by atoms with E-state index in [4.69, 9.17) is 9.47 Å². The summed E-state index contributed by atoms with van der Waals surface area (Å²) in [6.07, 6.45) is 0.501. The fourth-order valence-corrected chi connectivity index (χ4v) is 2.43. The molecule has 2 aromatic rings. The first kappa shape index (κ1) is 18.7. The van der Waals surface area contributed by atoms with E-state index in [0.717, 1.165) is 0 Å². The predicted molar refractivity (Wildman–Crippen MR) is 96.5 cm³/mol. The number of hydrogen-bond acceptors (Lipinski definition) is 4. The van der Waals surface area contributed by atoms with Crippen LogP contribution >= 0.6 is 0 Å². The summed E-state index contributed by atoms with van der Waals surface area (Å²) in [5, 5.41) is 0. The molecule has 0 aliphatic carbocycles. The van der Waals surface area contributed by atoms with Crippen LogP contribution in [0.3, 0.4) is 0 Å². The first-order valence-electron chi connectivity index (χ1n) is 8.36. The van der Waals surface area contributed by atoms with Gasteiger partial charge in [-0.1, -0.05) is 43.3 Å². The van der Waals surface area contributed by atoms with E-state index in [0.29, 0.717) is 17.5 Å². The summed E-state index contributed by atoms with van der Waals surface area (Å²) in [6, 6.07) is 17.6. The minimum atomic E-state index is -1.00. The molecular formula is C21H24O4. The number of benzene rings is 2. The lowest BCUT2D eigenvalue weighted by Crippen LogP contribution is -2.53. The van der Waals surface area contributed by atoms with Crippen LogP contribution in [-0.2, 0) is 9.47 Å². The molecule has 0 amide bonds. The Balaban J connectivity index is 2.18. The van der Waals surface area contributed by atoms with E-state index in [1.54, 1.807) is 69.3 Å². The number of carbonyl (C=O) groups excluding carboxylic acids is 2. The molecule has 0 saturated heterocycles. The number of hydrogen-bond donors (Lipinski definition) is 0. The van der Waals surface area contributed by atoms with E-state index >= 15 is 0 Å². The molecule has 1 atom stereocenters. The fourth-order valence-electron chi connectivity index (χ4n) is 2.43. The second-order valence-corrected chi connectivity index (χ2v) is 6.61. The molecule has 25 heavy (non-hydrogen) atoms. The van der Waals surface area contributed by atoms with E-state index < -0.39 is 23.1 Å². The summed E-state index contributed by atoms with van der Waals surface area (Å²) < 4.78 is 11.5. The van der Waals surface area contributed by atoms with E-state index in [-0.39, 0.29) is 0 Å². The van der Waals surface area contributed by atoms with Gasteiger partial charge in [-0.15, -0.1) is 0 Å². The lowest BCUT2D eigenvalue weighted by atomic mass is 9.84. The molecule has 2 aromatic carbocycles. The SMILES string of the molecule is CCC(C)(OC(=O)c1ccccc1)C(C)(C)OC(=O)c1ccccc1. The van der Waals surface area contributed by atoms with Crippen molar-refractivity contribution >= 4 is 11.9 Å². The van der Waals surface area contributed by atoms with Crippen molar-refractivity contribution in [2.75, 3.05) is 0 Å². The molecule has 2 rings (SSSR count). The summed E-state index contributed by atoms with van der Waals surface area (Å²) in [5.41, 5.74) is -1.04. The van der Waals surface area contributed by atoms with E-state index in [1.807, 2.05) is 19.1 Å². The van der Waals surface area contributed by atoms with Crippen LogP contribution in [0.15, 0.2) is 60.7 Å². The third kappa shape index (κ3) is 4.27. The topological polar surface area (TPSA) is 52.6 Å². The monoisotopic (exact) mass is 340 g/mol. The average molecular weight is 340 g/mol. The van der Waals surface area contributed by atoms with Gasteiger partial charge in [-0.2, -0.15) is 0 Å². The maximum atomic E-state index is 12.5. The van der Waals surface area contributed by atoms with Gasteiger partial charge in [0.2, 0.25) is 0 Å². The quantitative estimate of drug-likeness (QED) is 0.718. The second kappa shape index (κ2) is 7.51. The Hall–Kier alpha value is -2.62. The normalized spacial score (nSPS) is 13.6. The highest BCUT2D eigenvalue weighted by Crippen LogP contribution is 2.34. The van der Waals surface area contributed by atoms with E-state index in [1.165, 1.54) is 0 Å². The Morgan fingerprint density at radius 2 is 1.16 bits per heavy atom. The highest BCUT2D eigenvalue weighted by atomic mass is 16.6. The number of carbonyl (C=O) groups is 2. The molecule has 4 heteroatoms. The summed E-state index contributed by atoms with van der Waals surface area (Å²) >= 11 is 0. The zero-order chi connectivity index (χ0) is 18.5. The molecule has 1 unspecified atom stereocenters. The summed E-state index contributed by atoms with van der Waals surface area (Å²) in [5.74, 6) is -0.880. The number of ether oxygens (including phenoxy) is 2. The van der Waals surface area contributed by atoms with Gasteiger partial charge in [0, 0.05) is 0 Å². The van der Waals surface area contributed by atoms with Gasteiger partial charge in [-0.25, -0.2) is 9.59 Å². The minimum Gasteiger partial charge on any atom is -0.452 e. The van der Waals surface area contributed by atoms with Gasteiger partial charge >= 0.3 is 11.9 Å².